The van der Waals surface area contributed by atoms with Gasteiger partial charge >= 0.3 is 12.0 Å². The number of hydrogen-bond acceptors (Lipinski definition) is 2. The van der Waals surface area contributed by atoms with Crippen molar-refractivity contribution in [3.05, 3.63) is 0 Å². The van der Waals surface area contributed by atoms with E-state index in [1.54, 1.807) is 0 Å². The molecular formula is C13H24N2O3. The van der Waals surface area contributed by atoms with Gasteiger partial charge in [-0.05, 0) is 32.6 Å². The van der Waals surface area contributed by atoms with E-state index in [0.717, 1.165) is 19.3 Å². The molecule has 1 rings (SSSR count). The van der Waals surface area contributed by atoms with Crippen LogP contribution in [0.1, 0.15) is 46.5 Å². The van der Waals surface area contributed by atoms with Crippen molar-refractivity contribution in [2.75, 3.05) is 7.05 Å². The minimum absolute atomic E-state index is 0.165. The number of likely N-dealkylation sites (N-methyl/N-ethyl adjacent to an activating group) is 1. The van der Waals surface area contributed by atoms with E-state index in [1.807, 2.05) is 0 Å². The van der Waals surface area contributed by atoms with E-state index in [1.165, 1.54) is 32.2 Å². The fraction of sp³-hybridized carbons (Fsp3) is 0.846. The number of urea groups is 1. The normalized spacial score (nSPS) is 24.4. The Bertz CT molecular complexity index is 328. The van der Waals surface area contributed by atoms with Crippen LogP contribution in [0.3, 0.4) is 0 Å². The van der Waals surface area contributed by atoms with Crippen LogP contribution in [0.4, 0.5) is 4.79 Å². The molecule has 2 amide bonds. The molecule has 104 valence electrons. The van der Waals surface area contributed by atoms with Gasteiger partial charge < -0.3 is 15.3 Å². The van der Waals surface area contributed by atoms with Crippen LogP contribution in [0.25, 0.3) is 0 Å². The molecule has 2 unspecified atom stereocenters. The van der Waals surface area contributed by atoms with E-state index in [0.29, 0.717) is 5.92 Å². The molecular weight excluding hydrogens is 232 g/mol. The van der Waals surface area contributed by atoms with Gasteiger partial charge in [-0.2, -0.15) is 0 Å². The first kappa shape index (κ1) is 14.8. The number of amides is 2. The average molecular weight is 256 g/mol. The van der Waals surface area contributed by atoms with Crippen molar-refractivity contribution in [1.82, 2.24) is 10.2 Å². The van der Waals surface area contributed by atoms with Crippen LogP contribution in [0.15, 0.2) is 0 Å². The second-order valence-corrected chi connectivity index (χ2v) is 5.74. The van der Waals surface area contributed by atoms with Gasteiger partial charge in [-0.15, -0.1) is 0 Å². The third-order valence-corrected chi connectivity index (χ3v) is 4.09. The van der Waals surface area contributed by atoms with E-state index in [2.05, 4.69) is 12.2 Å². The first-order valence-corrected chi connectivity index (χ1v) is 6.54. The quantitative estimate of drug-likeness (QED) is 0.812. The number of rotatable bonds is 3. The third-order valence-electron chi connectivity index (χ3n) is 4.09. The lowest BCUT2D eigenvalue weighted by Crippen LogP contribution is -2.56. The summed E-state index contributed by atoms with van der Waals surface area (Å²) in [6.45, 7) is 5.19. The molecule has 0 aromatic rings. The molecule has 2 N–H and O–H groups in total. The molecule has 1 saturated carbocycles. The van der Waals surface area contributed by atoms with Gasteiger partial charge in [0.2, 0.25) is 0 Å². The highest BCUT2D eigenvalue weighted by atomic mass is 16.4. The molecule has 0 spiro atoms. The molecule has 0 heterocycles. The molecule has 0 aromatic heterocycles. The Morgan fingerprint density at radius 2 is 1.83 bits per heavy atom. The molecule has 0 aliphatic heterocycles. The molecule has 5 nitrogen and oxygen atoms in total. The number of aliphatic carboxylic acids is 1. The highest BCUT2D eigenvalue weighted by molar-refractivity contribution is 5.85. The van der Waals surface area contributed by atoms with Gasteiger partial charge in [-0.25, -0.2) is 9.59 Å². The lowest BCUT2D eigenvalue weighted by molar-refractivity contribution is -0.146. The van der Waals surface area contributed by atoms with Gasteiger partial charge in [0.25, 0.3) is 0 Å². The number of carboxylic acid groups (broad SMARTS) is 1. The molecule has 0 saturated heterocycles. The van der Waals surface area contributed by atoms with Gasteiger partial charge in [-0.1, -0.05) is 19.8 Å². The summed E-state index contributed by atoms with van der Waals surface area (Å²) in [4.78, 5) is 24.4. The molecule has 0 aromatic carbocycles. The van der Waals surface area contributed by atoms with Crippen molar-refractivity contribution >= 4 is 12.0 Å². The van der Waals surface area contributed by atoms with Crippen molar-refractivity contribution < 1.29 is 14.7 Å². The first-order valence-electron chi connectivity index (χ1n) is 6.54. The smallest absolute Gasteiger partial charge is 0.329 e. The highest BCUT2D eigenvalue weighted by Gasteiger charge is 2.36. The van der Waals surface area contributed by atoms with Crippen LogP contribution in [-0.4, -0.2) is 40.6 Å². The van der Waals surface area contributed by atoms with Crippen molar-refractivity contribution in [1.29, 1.82) is 0 Å². The van der Waals surface area contributed by atoms with Crippen molar-refractivity contribution in [3.8, 4) is 0 Å². The van der Waals surface area contributed by atoms with E-state index in [9.17, 15) is 9.59 Å². The zero-order chi connectivity index (χ0) is 13.9. The third kappa shape index (κ3) is 3.15. The topological polar surface area (TPSA) is 69.6 Å². The van der Waals surface area contributed by atoms with Crippen LogP contribution in [0.5, 0.6) is 0 Å². The Balaban J connectivity index is 2.62. The summed E-state index contributed by atoms with van der Waals surface area (Å²) in [7, 11) is 1.52. The summed E-state index contributed by atoms with van der Waals surface area (Å²) in [5.41, 5.74) is -1.19. The van der Waals surface area contributed by atoms with E-state index in [4.69, 9.17) is 5.11 Å². The van der Waals surface area contributed by atoms with Crippen LogP contribution < -0.4 is 5.32 Å². The van der Waals surface area contributed by atoms with Crippen LogP contribution in [0.2, 0.25) is 0 Å². The standard InChI is InChI=1S/C13H24N2O3/c1-9-7-5-6-8-10(9)14-12(18)15(4)13(2,3)11(16)17/h9-10H,5-8H2,1-4H3,(H,14,18)(H,16,17). The Kier molecular flexibility index (Phi) is 4.59. The second kappa shape index (κ2) is 5.59. The van der Waals surface area contributed by atoms with E-state index in [-0.39, 0.29) is 12.1 Å². The second-order valence-electron chi connectivity index (χ2n) is 5.74. The van der Waals surface area contributed by atoms with Gasteiger partial charge in [-0.3, -0.25) is 0 Å². The van der Waals surface area contributed by atoms with Crippen molar-refractivity contribution in [2.24, 2.45) is 5.92 Å². The largest absolute Gasteiger partial charge is 0.480 e. The molecule has 18 heavy (non-hydrogen) atoms. The van der Waals surface area contributed by atoms with Gasteiger partial charge in [0, 0.05) is 13.1 Å². The number of carbonyl (C=O) groups is 2. The summed E-state index contributed by atoms with van der Waals surface area (Å²) in [5.74, 6) is -0.541. The zero-order valence-electron chi connectivity index (χ0n) is 11.7. The minimum Gasteiger partial charge on any atom is -0.480 e. The summed E-state index contributed by atoms with van der Waals surface area (Å²) >= 11 is 0. The molecule has 1 aliphatic rings. The summed E-state index contributed by atoms with van der Waals surface area (Å²) in [6.07, 6.45) is 4.44. The van der Waals surface area contributed by atoms with Crippen molar-refractivity contribution in [3.63, 3.8) is 0 Å². The molecule has 0 radical (unpaired) electrons. The predicted octanol–water partition coefficient (Wildman–Crippen LogP) is 2.07. The van der Waals surface area contributed by atoms with E-state index < -0.39 is 11.5 Å². The maximum atomic E-state index is 12.1. The van der Waals surface area contributed by atoms with Gasteiger partial charge in [0.05, 0.1) is 0 Å². The van der Waals surface area contributed by atoms with Gasteiger partial charge in [0.1, 0.15) is 5.54 Å². The Labute approximate surface area is 109 Å². The predicted molar refractivity (Wildman–Crippen MR) is 69.4 cm³/mol. The van der Waals surface area contributed by atoms with Crippen LogP contribution >= 0.6 is 0 Å². The SMILES string of the molecule is CC1CCCCC1NC(=O)N(C)C(C)(C)C(=O)O. The average Bonchev–Trinajstić information content (AvgIpc) is 2.30. The van der Waals surface area contributed by atoms with Crippen LogP contribution in [-0.2, 0) is 4.79 Å². The number of carbonyl (C=O) groups excluding carboxylic acids is 1. The monoisotopic (exact) mass is 256 g/mol. The maximum absolute atomic E-state index is 12.1. The molecule has 1 fully saturated rings. The minimum atomic E-state index is -1.19. The Morgan fingerprint density at radius 1 is 1.28 bits per heavy atom. The molecule has 1 aliphatic carbocycles. The fourth-order valence-corrected chi connectivity index (χ4v) is 2.18. The Morgan fingerprint density at radius 3 is 2.33 bits per heavy atom. The molecule has 5 heteroatoms. The summed E-state index contributed by atoms with van der Waals surface area (Å²) < 4.78 is 0. The number of carboxylic acids is 1. The fourth-order valence-electron chi connectivity index (χ4n) is 2.18. The van der Waals surface area contributed by atoms with Crippen molar-refractivity contribution in [2.45, 2.75) is 58.0 Å². The summed E-state index contributed by atoms with van der Waals surface area (Å²) in [6, 6.07) is -0.139. The Hall–Kier alpha value is -1.26. The van der Waals surface area contributed by atoms with Crippen LogP contribution in [0, 0.1) is 5.92 Å². The number of nitrogens with one attached hydrogen (secondary N) is 1. The molecule has 2 atom stereocenters. The lowest BCUT2D eigenvalue weighted by atomic mass is 9.86. The lowest BCUT2D eigenvalue weighted by Gasteiger charge is -2.35. The molecule has 0 bridgehead atoms. The highest BCUT2D eigenvalue weighted by Crippen LogP contribution is 2.24. The summed E-state index contributed by atoms with van der Waals surface area (Å²) in [5, 5.41) is 12.0. The first-order chi connectivity index (χ1) is 8.26. The van der Waals surface area contributed by atoms with E-state index >= 15 is 0 Å². The zero-order valence-corrected chi connectivity index (χ0v) is 11.7. The van der Waals surface area contributed by atoms with Gasteiger partial charge in [0.15, 0.2) is 0 Å². The number of nitrogens with zero attached hydrogens (tertiary/aromatic N) is 1. The maximum Gasteiger partial charge on any atom is 0.329 e. The number of hydrogen-bond donors (Lipinski definition) is 2.